The quantitative estimate of drug-likeness (QED) is 0.458. The Morgan fingerprint density at radius 1 is 1.71 bits per heavy atom. The van der Waals surface area contributed by atoms with E-state index in [2.05, 4.69) is 27.8 Å². The Kier molecular flexibility index (Phi) is 23.9. The van der Waals surface area contributed by atoms with Gasteiger partial charge in [0.1, 0.15) is 0 Å². The molecule has 0 aromatic heterocycles. The maximum Gasteiger partial charge on any atom is 0.0209 e. The standard InChI is InChI=1S/C3H5Br.C2H7N/c1-2-3-4;1-3-2/h2H,1,3H2;3H,1-2H3. The third-order valence-corrected chi connectivity index (χ3v) is 0.567. The molecule has 0 aliphatic carbocycles. The van der Waals surface area contributed by atoms with Crippen LogP contribution in [0, 0.1) is 0 Å². The van der Waals surface area contributed by atoms with E-state index in [-0.39, 0.29) is 0 Å². The summed E-state index contributed by atoms with van der Waals surface area (Å²) in [6.45, 7) is 3.43. The summed E-state index contributed by atoms with van der Waals surface area (Å²) in [6, 6.07) is 0. The molecule has 0 aromatic carbocycles. The molecule has 1 nitrogen and oxygen atoms in total. The van der Waals surface area contributed by atoms with Crippen molar-refractivity contribution in [3.8, 4) is 0 Å². The highest BCUT2D eigenvalue weighted by Gasteiger charge is 1.47. The molecule has 7 heavy (non-hydrogen) atoms. The summed E-state index contributed by atoms with van der Waals surface area (Å²) >= 11 is 3.13. The van der Waals surface area contributed by atoms with Gasteiger partial charge in [0.15, 0.2) is 0 Å². The highest BCUT2D eigenvalue weighted by atomic mass is 79.9. The molecule has 0 rings (SSSR count). The number of nitrogens with one attached hydrogen (secondary N) is 1. The van der Waals surface area contributed by atoms with E-state index in [1.807, 2.05) is 14.1 Å². The summed E-state index contributed by atoms with van der Waals surface area (Å²) in [6.07, 6.45) is 1.79. The number of alkyl halides is 1. The first kappa shape index (κ1) is 10.2. The molecular formula is C5H12BrN. The Morgan fingerprint density at radius 2 is 1.86 bits per heavy atom. The van der Waals surface area contributed by atoms with E-state index in [1.54, 1.807) is 6.08 Å². The zero-order valence-electron chi connectivity index (χ0n) is 4.87. The van der Waals surface area contributed by atoms with E-state index in [9.17, 15) is 0 Å². The second-order valence-corrected chi connectivity index (χ2v) is 1.59. The van der Waals surface area contributed by atoms with Gasteiger partial charge in [-0.15, -0.1) is 6.58 Å². The van der Waals surface area contributed by atoms with Gasteiger partial charge >= 0.3 is 0 Å². The molecule has 2 heteroatoms. The van der Waals surface area contributed by atoms with Crippen molar-refractivity contribution in [3.63, 3.8) is 0 Å². The highest BCUT2D eigenvalue weighted by molar-refractivity contribution is 9.09. The van der Waals surface area contributed by atoms with Crippen molar-refractivity contribution < 1.29 is 0 Å². The largest absolute Gasteiger partial charge is 0.323 e. The van der Waals surface area contributed by atoms with Gasteiger partial charge in [0.2, 0.25) is 0 Å². The Labute approximate surface area is 53.9 Å². The number of hydrogen-bond acceptors (Lipinski definition) is 1. The fourth-order valence-electron chi connectivity index (χ4n) is 0. The van der Waals surface area contributed by atoms with Gasteiger partial charge in [-0.1, -0.05) is 22.0 Å². The SMILES string of the molecule is C=CCBr.CNC. The topological polar surface area (TPSA) is 12.0 Å². The molecule has 0 saturated carbocycles. The van der Waals surface area contributed by atoms with Crippen molar-refractivity contribution in [2.75, 3.05) is 19.4 Å². The van der Waals surface area contributed by atoms with E-state index in [1.165, 1.54) is 0 Å². The van der Waals surface area contributed by atoms with Crippen LogP contribution in [0.3, 0.4) is 0 Å². The summed E-state index contributed by atoms with van der Waals surface area (Å²) in [5.74, 6) is 0. The summed E-state index contributed by atoms with van der Waals surface area (Å²) in [7, 11) is 3.75. The van der Waals surface area contributed by atoms with Crippen LogP contribution in [-0.4, -0.2) is 19.4 Å². The van der Waals surface area contributed by atoms with Gasteiger partial charge in [-0.3, -0.25) is 0 Å². The molecule has 44 valence electrons. The number of halogens is 1. The molecule has 0 heterocycles. The van der Waals surface area contributed by atoms with Crippen LogP contribution in [0.1, 0.15) is 0 Å². The van der Waals surface area contributed by atoms with E-state index in [0.29, 0.717) is 0 Å². The Bertz CT molecular complexity index is 29.3. The second-order valence-electron chi connectivity index (χ2n) is 0.943. The van der Waals surface area contributed by atoms with Crippen molar-refractivity contribution in [1.29, 1.82) is 0 Å². The molecule has 0 amide bonds. The minimum absolute atomic E-state index is 0.896. The number of allylic oxidation sites excluding steroid dienone is 1. The summed E-state index contributed by atoms with van der Waals surface area (Å²) in [4.78, 5) is 0. The van der Waals surface area contributed by atoms with E-state index in [4.69, 9.17) is 0 Å². The molecule has 0 aliphatic heterocycles. The van der Waals surface area contributed by atoms with Gasteiger partial charge in [-0.2, -0.15) is 0 Å². The molecular weight excluding hydrogens is 154 g/mol. The van der Waals surface area contributed by atoms with Crippen molar-refractivity contribution in [3.05, 3.63) is 12.7 Å². The van der Waals surface area contributed by atoms with Crippen LogP contribution >= 0.6 is 15.9 Å². The lowest BCUT2D eigenvalue weighted by molar-refractivity contribution is 1.02. The van der Waals surface area contributed by atoms with Gasteiger partial charge in [0.25, 0.3) is 0 Å². The predicted octanol–water partition coefficient (Wildman–Crippen LogP) is 1.40. The first-order chi connectivity index (χ1) is 3.33. The lowest BCUT2D eigenvalue weighted by Crippen LogP contribution is -1.89. The minimum atomic E-state index is 0.896. The lowest BCUT2D eigenvalue weighted by atomic mass is 10.8. The van der Waals surface area contributed by atoms with Gasteiger partial charge in [0, 0.05) is 5.33 Å². The molecule has 0 fully saturated rings. The molecule has 0 atom stereocenters. The van der Waals surface area contributed by atoms with Crippen molar-refractivity contribution in [1.82, 2.24) is 5.32 Å². The zero-order valence-corrected chi connectivity index (χ0v) is 6.46. The van der Waals surface area contributed by atoms with Crippen LogP contribution in [0.2, 0.25) is 0 Å². The Hall–Kier alpha value is 0.180. The summed E-state index contributed by atoms with van der Waals surface area (Å²) < 4.78 is 0. The van der Waals surface area contributed by atoms with Crippen molar-refractivity contribution >= 4 is 15.9 Å². The lowest BCUT2D eigenvalue weighted by Gasteiger charge is -1.59. The number of hydrogen-bond donors (Lipinski definition) is 1. The normalized spacial score (nSPS) is 6.14. The van der Waals surface area contributed by atoms with Gasteiger partial charge < -0.3 is 5.32 Å². The summed E-state index contributed by atoms with van der Waals surface area (Å²) in [5, 5.41) is 3.65. The molecule has 0 unspecified atom stereocenters. The van der Waals surface area contributed by atoms with E-state index < -0.39 is 0 Å². The second kappa shape index (κ2) is 16.4. The van der Waals surface area contributed by atoms with Crippen molar-refractivity contribution in [2.45, 2.75) is 0 Å². The Balaban J connectivity index is 0. The zero-order chi connectivity index (χ0) is 6.12. The average molecular weight is 166 g/mol. The Morgan fingerprint density at radius 3 is 1.86 bits per heavy atom. The van der Waals surface area contributed by atoms with Crippen LogP contribution in [0.4, 0.5) is 0 Å². The molecule has 0 aliphatic rings. The maximum absolute atomic E-state index is 3.43. The third-order valence-electron chi connectivity index (χ3n) is 0.109. The van der Waals surface area contributed by atoms with Gasteiger partial charge in [-0.05, 0) is 14.1 Å². The monoisotopic (exact) mass is 165 g/mol. The maximum atomic E-state index is 3.43. The van der Waals surface area contributed by atoms with Crippen LogP contribution in [0.5, 0.6) is 0 Å². The van der Waals surface area contributed by atoms with Gasteiger partial charge in [-0.25, -0.2) is 0 Å². The summed E-state index contributed by atoms with van der Waals surface area (Å²) in [5.41, 5.74) is 0. The number of rotatable bonds is 1. The average Bonchev–Trinajstić information content (AvgIpc) is 1.69. The fraction of sp³-hybridized carbons (Fsp3) is 0.600. The van der Waals surface area contributed by atoms with Crippen molar-refractivity contribution in [2.24, 2.45) is 0 Å². The highest BCUT2D eigenvalue weighted by Crippen LogP contribution is 1.73. The van der Waals surface area contributed by atoms with Gasteiger partial charge in [0.05, 0.1) is 0 Å². The fourth-order valence-corrected chi connectivity index (χ4v) is 0. The molecule has 0 bridgehead atoms. The molecule has 0 spiro atoms. The van der Waals surface area contributed by atoms with E-state index in [0.717, 1.165) is 5.33 Å². The van der Waals surface area contributed by atoms with Crippen LogP contribution in [-0.2, 0) is 0 Å². The first-order valence-corrected chi connectivity index (χ1v) is 3.21. The van der Waals surface area contributed by atoms with Crippen LogP contribution < -0.4 is 5.32 Å². The molecule has 0 aromatic rings. The third kappa shape index (κ3) is 77.5. The first-order valence-electron chi connectivity index (χ1n) is 2.08. The molecule has 0 radical (unpaired) electrons. The molecule has 1 N–H and O–H groups in total. The molecule has 0 saturated heterocycles. The van der Waals surface area contributed by atoms with E-state index >= 15 is 0 Å². The van der Waals surface area contributed by atoms with Crippen LogP contribution in [0.25, 0.3) is 0 Å². The smallest absolute Gasteiger partial charge is 0.0209 e. The van der Waals surface area contributed by atoms with Crippen LogP contribution in [0.15, 0.2) is 12.7 Å². The minimum Gasteiger partial charge on any atom is -0.323 e. The predicted molar refractivity (Wildman–Crippen MR) is 39.0 cm³/mol.